The first kappa shape index (κ1) is 13.7. The van der Waals surface area contributed by atoms with E-state index in [1.807, 2.05) is 26.2 Å². The minimum absolute atomic E-state index is 0.108. The Labute approximate surface area is 115 Å². The summed E-state index contributed by atoms with van der Waals surface area (Å²) >= 11 is 0. The van der Waals surface area contributed by atoms with Crippen molar-refractivity contribution in [3.63, 3.8) is 0 Å². The van der Waals surface area contributed by atoms with Crippen LogP contribution in [-0.4, -0.2) is 24.8 Å². The lowest BCUT2D eigenvalue weighted by molar-refractivity contribution is 0.105. The third-order valence-electron chi connectivity index (χ3n) is 3.64. The highest BCUT2D eigenvalue weighted by atomic mass is 16.1. The molecule has 1 aliphatic rings. The van der Waals surface area contributed by atoms with E-state index in [2.05, 4.69) is 24.1 Å². The second kappa shape index (κ2) is 6.43. The number of ketones is 1. The van der Waals surface area contributed by atoms with E-state index >= 15 is 0 Å². The van der Waals surface area contributed by atoms with Crippen molar-refractivity contribution in [3.05, 3.63) is 35.4 Å². The van der Waals surface area contributed by atoms with Crippen LogP contribution in [0.3, 0.4) is 0 Å². The number of hydrogen-bond acceptors (Lipinski definition) is 2. The van der Waals surface area contributed by atoms with Gasteiger partial charge < -0.3 is 4.90 Å². The molecule has 1 saturated carbocycles. The van der Waals surface area contributed by atoms with Crippen molar-refractivity contribution in [1.29, 1.82) is 0 Å². The molecular weight excluding hydrogens is 234 g/mol. The zero-order valence-corrected chi connectivity index (χ0v) is 11.8. The van der Waals surface area contributed by atoms with Crippen LogP contribution in [-0.2, 0) is 0 Å². The van der Waals surface area contributed by atoms with Crippen LogP contribution in [0.4, 0.5) is 0 Å². The smallest absolute Gasteiger partial charge is 0.237 e. The molecule has 0 spiro atoms. The average molecular weight is 255 g/mol. The molecule has 1 aliphatic carbocycles. The highest BCUT2D eigenvalue weighted by Gasteiger charge is 2.15. The van der Waals surface area contributed by atoms with Crippen molar-refractivity contribution in [2.75, 3.05) is 14.1 Å². The van der Waals surface area contributed by atoms with Crippen LogP contribution in [0, 0.1) is 12.0 Å². The summed E-state index contributed by atoms with van der Waals surface area (Å²) in [5, 5.41) is 0. The second-order valence-corrected chi connectivity index (χ2v) is 5.42. The highest BCUT2D eigenvalue weighted by molar-refractivity contribution is 6.08. The van der Waals surface area contributed by atoms with Crippen LogP contribution in [0.5, 0.6) is 0 Å². The first-order valence-corrected chi connectivity index (χ1v) is 7.00. The number of benzene rings is 1. The van der Waals surface area contributed by atoms with Crippen LogP contribution < -0.4 is 0 Å². The monoisotopic (exact) mass is 255 g/mol. The van der Waals surface area contributed by atoms with Gasteiger partial charge in [-0.15, -0.1) is 0 Å². The summed E-state index contributed by atoms with van der Waals surface area (Å²) in [7, 11) is 3.65. The SMILES string of the molecule is CN(C)C#CC(=O)c1ccc(C2CCCCC2)cc1. The molecule has 0 aliphatic heterocycles. The van der Waals surface area contributed by atoms with Crippen molar-refractivity contribution >= 4 is 5.78 Å². The zero-order valence-electron chi connectivity index (χ0n) is 11.8. The molecule has 0 bridgehead atoms. The highest BCUT2D eigenvalue weighted by Crippen LogP contribution is 2.32. The molecule has 2 heteroatoms. The molecule has 2 nitrogen and oxygen atoms in total. The van der Waals surface area contributed by atoms with E-state index in [1.54, 1.807) is 4.90 Å². The van der Waals surface area contributed by atoms with E-state index in [0.29, 0.717) is 11.5 Å². The van der Waals surface area contributed by atoms with Gasteiger partial charge in [-0.2, -0.15) is 0 Å². The molecule has 0 heterocycles. The van der Waals surface area contributed by atoms with Gasteiger partial charge in [0.15, 0.2) is 0 Å². The van der Waals surface area contributed by atoms with E-state index in [-0.39, 0.29) is 5.78 Å². The number of Topliss-reactive ketones (excluding diaryl/α,β-unsaturated/α-hetero) is 1. The minimum atomic E-state index is -0.108. The zero-order chi connectivity index (χ0) is 13.7. The van der Waals surface area contributed by atoms with E-state index in [9.17, 15) is 4.79 Å². The quantitative estimate of drug-likeness (QED) is 0.458. The van der Waals surface area contributed by atoms with Gasteiger partial charge in [0, 0.05) is 25.7 Å². The topological polar surface area (TPSA) is 20.3 Å². The number of rotatable bonds is 2. The van der Waals surface area contributed by atoms with E-state index in [1.165, 1.54) is 37.7 Å². The number of nitrogens with zero attached hydrogens (tertiary/aromatic N) is 1. The van der Waals surface area contributed by atoms with Crippen molar-refractivity contribution in [1.82, 2.24) is 4.90 Å². The lowest BCUT2D eigenvalue weighted by Crippen LogP contribution is -2.06. The van der Waals surface area contributed by atoms with Gasteiger partial charge in [0.05, 0.1) is 0 Å². The summed E-state index contributed by atoms with van der Waals surface area (Å²) in [5.74, 6) is 3.21. The molecule has 19 heavy (non-hydrogen) atoms. The molecule has 0 saturated heterocycles. The van der Waals surface area contributed by atoms with Gasteiger partial charge in [-0.1, -0.05) is 43.5 Å². The lowest BCUT2D eigenvalue weighted by atomic mass is 9.84. The Bertz CT molecular complexity index is 484. The van der Waals surface area contributed by atoms with E-state index < -0.39 is 0 Å². The van der Waals surface area contributed by atoms with E-state index in [0.717, 1.165) is 0 Å². The van der Waals surface area contributed by atoms with Gasteiger partial charge >= 0.3 is 0 Å². The van der Waals surface area contributed by atoms with Gasteiger partial charge in [0.1, 0.15) is 0 Å². The van der Waals surface area contributed by atoms with Gasteiger partial charge in [-0.3, -0.25) is 4.79 Å². The molecule has 0 aromatic heterocycles. The Kier molecular flexibility index (Phi) is 4.63. The minimum Gasteiger partial charge on any atom is -0.338 e. The van der Waals surface area contributed by atoms with E-state index in [4.69, 9.17) is 0 Å². The summed E-state index contributed by atoms with van der Waals surface area (Å²) in [6, 6.07) is 10.8. The number of hydrogen-bond donors (Lipinski definition) is 0. The molecule has 2 rings (SSSR count). The van der Waals surface area contributed by atoms with Gasteiger partial charge in [-0.05, 0) is 30.2 Å². The number of carbonyl (C=O) groups excluding carboxylic acids is 1. The number of carbonyl (C=O) groups is 1. The van der Waals surface area contributed by atoms with Crippen molar-refractivity contribution in [2.45, 2.75) is 38.0 Å². The summed E-state index contributed by atoms with van der Waals surface area (Å²) in [6.07, 6.45) is 6.61. The van der Waals surface area contributed by atoms with Crippen molar-refractivity contribution < 1.29 is 4.79 Å². The fourth-order valence-electron chi connectivity index (χ4n) is 2.58. The maximum Gasteiger partial charge on any atom is 0.237 e. The summed E-state index contributed by atoms with van der Waals surface area (Å²) in [5.41, 5.74) is 2.06. The van der Waals surface area contributed by atoms with Crippen molar-refractivity contribution in [2.24, 2.45) is 0 Å². The van der Waals surface area contributed by atoms with Crippen LogP contribution in [0.2, 0.25) is 0 Å². The molecule has 1 aromatic carbocycles. The Morgan fingerprint density at radius 3 is 2.32 bits per heavy atom. The third kappa shape index (κ3) is 3.86. The van der Waals surface area contributed by atoms with Gasteiger partial charge in [0.2, 0.25) is 5.78 Å². The molecule has 0 atom stereocenters. The molecule has 1 aromatic rings. The second-order valence-electron chi connectivity index (χ2n) is 5.42. The standard InChI is InChI=1S/C17H21NO/c1-18(2)13-12-17(19)16-10-8-15(9-11-16)14-6-4-3-5-7-14/h8-11,14H,3-7H2,1-2H3. The molecule has 1 fully saturated rings. The first-order valence-electron chi connectivity index (χ1n) is 7.00. The van der Waals surface area contributed by atoms with Crippen molar-refractivity contribution in [3.8, 4) is 12.0 Å². The maximum absolute atomic E-state index is 11.8. The normalized spacial score (nSPS) is 15.5. The predicted molar refractivity (Wildman–Crippen MR) is 78.1 cm³/mol. The Hall–Kier alpha value is -1.75. The van der Waals surface area contributed by atoms with Crippen LogP contribution in [0.15, 0.2) is 24.3 Å². The Balaban J connectivity index is 2.06. The Morgan fingerprint density at radius 1 is 1.11 bits per heavy atom. The molecule has 100 valence electrons. The molecule has 0 amide bonds. The maximum atomic E-state index is 11.8. The molecule has 0 unspecified atom stereocenters. The fourth-order valence-corrected chi connectivity index (χ4v) is 2.58. The van der Waals surface area contributed by atoms with Crippen LogP contribution in [0.1, 0.15) is 53.9 Å². The summed E-state index contributed by atoms with van der Waals surface area (Å²) < 4.78 is 0. The Morgan fingerprint density at radius 2 is 1.74 bits per heavy atom. The summed E-state index contributed by atoms with van der Waals surface area (Å²) in [4.78, 5) is 13.5. The average Bonchev–Trinajstić information content (AvgIpc) is 2.46. The van der Waals surface area contributed by atoms with Gasteiger partial charge in [0.25, 0.3) is 0 Å². The van der Waals surface area contributed by atoms with Gasteiger partial charge in [-0.25, -0.2) is 0 Å². The predicted octanol–water partition coefficient (Wildman–Crippen LogP) is 3.44. The van der Waals surface area contributed by atoms with Crippen LogP contribution in [0.25, 0.3) is 0 Å². The summed E-state index contributed by atoms with van der Waals surface area (Å²) in [6.45, 7) is 0. The largest absolute Gasteiger partial charge is 0.338 e. The molecule has 0 N–H and O–H groups in total. The first-order chi connectivity index (χ1) is 9.16. The third-order valence-corrected chi connectivity index (χ3v) is 3.64. The van der Waals surface area contributed by atoms with Crippen LogP contribution >= 0.6 is 0 Å². The lowest BCUT2D eigenvalue weighted by Gasteiger charge is -2.21. The fraction of sp³-hybridized carbons (Fsp3) is 0.471. The molecule has 0 radical (unpaired) electrons. The molecular formula is C17H21NO.